The SMILES string of the molecule is CNCCc1ccc(S(=O)(=O)Nc2cccc(Cl)c2Br)s1. The van der Waals surface area contributed by atoms with Gasteiger partial charge in [-0.1, -0.05) is 17.7 Å². The molecule has 0 aliphatic carbocycles. The van der Waals surface area contributed by atoms with Gasteiger partial charge in [-0.15, -0.1) is 11.3 Å². The second-order valence-corrected chi connectivity index (χ2v) is 8.56. The molecule has 21 heavy (non-hydrogen) atoms. The van der Waals surface area contributed by atoms with Gasteiger partial charge in [0.25, 0.3) is 10.0 Å². The Morgan fingerprint density at radius 3 is 2.76 bits per heavy atom. The minimum Gasteiger partial charge on any atom is -0.319 e. The van der Waals surface area contributed by atoms with Crippen molar-refractivity contribution in [2.45, 2.75) is 10.6 Å². The Morgan fingerprint density at radius 1 is 1.29 bits per heavy atom. The maximum absolute atomic E-state index is 12.4. The van der Waals surface area contributed by atoms with Crippen molar-refractivity contribution in [1.29, 1.82) is 0 Å². The molecule has 0 saturated heterocycles. The van der Waals surface area contributed by atoms with E-state index in [1.807, 2.05) is 13.1 Å². The van der Waals surface area contributed by atoms with E-state index in [1.165, 1.54) is 11.3 Å². The Kier molecular flexibility index (Phi) is 5.67. The van der Waals surface area contributed by atoms with E-state index in [0.717, 1.165) is 17.8 Å². The number of hydrogen-bond acceptors (Lipinski definition) is 4. The third kappa shape index (κ3) is 4.20. The summed E-state index contributed by atoms with van der Waals surface area (Å²) < 4.78 is 28.1. The van der Waals surface area contributed by atoms with Crippen molar-refractivity contribution >= 4 is 54.6 Å². The van der Waals surface area contributed by atoms with Crippen molar-refractivity contribution in [2.24, 2.45) is 0 Å². The number of likely N-dealkylation sites (N-methyl/N-ethyl adjacent to an activating group) is 1. The first-order valence-corrected chi connectivity index (χ1v) is 9.61. The van der Waals surface area contributed by atoms with Crippen LogP contribution in [0.3, 0.4) is 0 Å². The van der Waals surface area contributed by atoms with E-state index in [1.54, 1.807) is 24.3 Å². The van der Waals surface area contributed by atoms with Crippen LogP contribution in [0.4, 0.5) is 5.69 Å². The van der Waals surface area contributed by atoms with Crippen LogP contribution in [0.2, 0.25) is 5.02 Å². The van der Waals surface area contributed by atoms with Crippen LogP contribution in [0, 0.1) is 0 Å². The van der Waals surface area contributed by atoms with Gasteiger partial charge in [-0.3, -0.25) is 4.72 Å². The minimum absolute atomic E-state index is 0.292. The number of nitrogens with one attached hydrogen (secondary N) is 2. The number of halogens is 2. The van der Waals surface area contributed by atoms with Gasteiger partial charge in [-0.2, -0.15) is 0 Å². The van der Waals surface area contributed by atoms with Crippen molar-refractivity contribution in [3.05, 3.63) is 44.7 Å². The van der Waals surface area contributed by atoms with E-state index in [2.05, 4.69) is 26.0 Å². The maximum Gasteiger partial charge on any atom is 0.271 e. The molecule has 0 atom stereocenters. The Balaban J connectivity index is 2.22. The minimum atomic E-state index is -3.60. The summed E-state index contributed by atoms with van der Waals surface area (Å²) >= 11 is 10.5. The summed E-state index contributed by atoms with van der Waals surface area (Å²) in [6.07, 6.45) is 0.803. The predicted molar refractivity (Wildman–Crippen MR) is 91.9 cm³/mol. The number of anilines is 1. The molecule has 1 aromatic carbocycles. The second kappa shape index (κ2) is 7.11. The van der Waals surface area contributed by atoms with Crippen LogP contribution < -0.4 is 10.0 Å². The van der Waals surface area contributed by atoms with Gasteiger partial charge in [-0.05, 0) is 60.2 Å². The van der Waals surface area contributed by atoms with E-state index in [4.69, 9.17) is 11.6 Å². The largest absolute Gasteiger partial charge is 0.319 e. The summed E-state index contributed by atoms with van der Waals surface area (Å²) in [5, 5.41) is 3.49. The van der Waals surface area contributed by atoms with Gasteiger partial charge in [0.1, 0.15) is 4.21 Å². The maximum atomic E-state index is 12.4. The summed E-state index contributed by atoms with van der Waals surface area (Å²) in [6.45, 7) is 0.813. The van der Waals surface area contributed by atoms with Crippen LogP contribution in [0.25, 0.3) is 0 Å². The van der Waals surface area contributed by atoms with Crippen LogP contribution in [-0.2, 0) is 16.4 Å². The van der Waals surface area contributed by atoms with Crippen molar-refractivity contribution < 1.29 is 8.42 Å². The number of sulfonamides is 1. The van der Waals surface area contributed by atoms with Crippen LogP contribution in [0.1, 0.15) is 4.88 Å². The molecule has 114 valence electrons. The van der Waals surface area contributed by atoms with Crippen LogP contribution in [0.5, 0.6) is 0 Å². The Morgan fingerprint density at radius 2 is 2.05 bits per heavy atom. The van der Waals surface area contributed by atoms with Gasteiger partial charge in [0, 0.05) is 4.88 Å². The Labute approximate surface area is 141 Å². The Hall–Kier alpha value is -0.600. The van der Waals surface area contributed by atoms with Crippen molar-refractivity contribution in [3.63, 3.8) is 0 Å². The fourth-order valence-corrected chi connectivity index (χ4v) is 4.76. The molecule has 2 rings (SSSR count). The topological polar surface area (TPSA) is 58.2 Å². The molecule has 0 radical (unpaired) electrons. The van der Waals surface area contributed by atoms with Crippen LogP contribution in [-0.4, -0.2) is 22.0 Å². The third-order valence-corrected chi connectivity index (χ3v) is 7.12. The lowest BCUT2D eigenvalue weighted by Gasteiger charge is -2.09. The van der Waals surface area contributed by atoms with Gasteiger partial charge in [0.05, 0.1) is 15.2 Å². The lowest BCUT2D eigenvalue weighted by atomic mass is 10.3. The van der Waals surface area contributed by atoms with Crippen molar-refractivity contribution in [3.8, 4) is 0 Å². The zero-order valence-corrected chi connectivity index (χ0v) is 15.2. The molecule has 0 spiro atoms. The fraction of sp³-hybridized carbons (Fsp3) is 0.231. The smallest absolute Gasteiger partial charge is 0.271 e. The molecular weight excluding hydrogens is 396 g/mol. The van der Waals surface area contributed by atoms with Crippen LogP contribution >= 0.6 is 38.9 Å². The first-order valence-electron chi connectivity index (χ1n) is 6.14. The number of thiophene rings is 1. The number of hydrogen-bond donors (Lipinski definition) is 2. The highest BCUT2D eigenvalue weighted by Gasteiger charge is 2.18. The molecular formula is C13H14BrClN2O2S2. The zero-order chi connectivity index (χ0) is 15.5. The number of benzene rings is 1. The van der Waals surface area contributed by atoms with Gasteiger partial charge in [0.15, 0.2) is 0 Å². The Bertz CT molecular complexity index is 732. The monoisotopic (exact) mass is 408 g/mol. The molecule has 1 heterocycles. The molecule has 2 N–H and O–H groups in total. The molecule has 1 aromatic heterocycles. The lowest BCUT2D eigenvalue weighted by Crippen LogP contribution is -2.12. The predicted octanol–water partition coefficient (Wildman–Crippen LogP) is 3.73. The first kappa shape index (κ1) is 16.8. The standard InChI is InChI=1S/C13H14BrClN2O2S2/c1-16-8-7-9-5-6-12(20-9)21(18,19)17-11-4-2-3-10(15)13(11)14/h2-6,16-17H,7-8H2,1H3. The molecule has 0 amide bonds. The highest BCUT2D eigenvalue weighted by Crippen LogP contribution is 2.32. The summed E-state index contributed by atoms with van der Waals surface area (Å²) in [4.78, 5) is 1.02. The average molecular weight is 410 g/mol. The fourth-order valence-electron chi connectivity index (χ4n) is 1.66. The third-order valence-electron chi connectivity index (χ3n) is 2.72. The summed E-state index contributed by atoms with van der Waals surface area (Å²) in [5.41, 5.74) is 0.424. The van der Waals surface area contributed by atoms with Gasteiger partial charge < -0.3 is 5.32 Å². The molecule has 0 aliphatic heterocycles. The highest BCUT2D eigenvalue weighted by atomic mass is 79.9. The van der Waals surface area contributed by atoms with E-state index >= 15 is 0 Å². The highest BCUT2D eigenvalue weighted by molar-refractivity contribution is 9.10. The molecule has 0 fully saturated rings. The van der Waals surface area contributed by atoms with E-state index < -0.39 is 10.0 Å². The number of rotatable bonds is 6. The van der Waals surface area contributed by atoms with Gasteiger partial charge in [-0.25, -0.2) is 8.42 Å². The molecule has 0 saturated carbocycles. The normalized spacial score (nSPS) is 11.6. The summed E-state index contributed by atoms with van der Waals surface area (Å²) in [7, 11) is -1.73. The van der Waals surface area contributed by atoms with E-state index in [-0.39, 0.29) is 0 Å². The van der Waals surface area contributed by atoms with Crippen molar-refractivity contribution in [1.82, 2.24) is 5.32 Å². The second-order valence-electron chi connectivity index (χ2n) is 4.28. The summed E-state index contributed by atoms with van der Waals surface area (Å²) in [5.74, 6) is 0. The van der Waals surface area contributed by atoms with Gasteiger partial charge >= 0.3 is 0 Å². The quantitative estimate of drug-likeness (QED) is 0.764. The molecule has 0 unspecified atom stereocenters. The summed E-state index contributed by atoms with van der Waals surface area (Å²) in [6, 6.07) is 8.49. The molecule has 0 bridgehead atoms. The molecule has 0 aliphatic rings. The molecule has 4 nitrogen and oxygen atoms in total. The first-order chi connectivity index (χ1) is 9.94. The molecule has 2 aromatic rings. The van der Waals surface area contributed by atoms with E-state index in [0.29, 0.717) is 19.4 Å². The average Bonchev–Trinajstić information content (AvgIpc) is 2.91. The molecule has 8 heteroatoms. The van der Waals surface area contributed by atoms with Crippen molar-refractivity contribution in [2.75, 3.05) is 18.3 Å². The lowest BCUT2D eigenvalue weighted by molar-refractivity contribution is 0.603. The zero-order valence-electron chi connectivity index (χ0n) is 11.2. The van der Waals surface area contributed by atoms with Gasteiger partial charge in [0.2, 0.25) is 0 Å². The van der Waals surface area contributed by atoms with Crippen LogP contribution in [0.15, 0.2) is 39.0 Å². The van der Waals surface area contributed by atoms with E-state index in [9.17, 15) is 8.42 Å².